The molecule has 0 aliphatic heterocycles. The highest BCUT2D eigenvalue weighted by molar-refractivity contribution is 6.31. The summed E-state index contributed by atoms with van der Waals surface area (Å²) in [4.78, 5) is 4.01. The molecule has 0 aliphatic rings. The lowest BCUT2D eigenvalue weighted by atomic mass is 9.76. The molecule has 0 aliphatic carbocycles. The highest BCUT2D eigenvalue weighted by Gasteiger charge is 2.30. The van der Waals surface area contributed by atoms with Crippen molar-refractivity contribution in [1.82, 2.24) is 10.4 Å². The maximum atomic E-state index is 6.19. The van der Waals surface area contributed by atoms with E-state index in [0.717, 1.165) is 12.0 Å². The smallest absolute Gasteiger partial charge is 0.0621 e. The molecular weight excluding hydrogens is 270 g/mol. The predicted molar refractivity (Wildman–Crippen MR) is 83.5 cm³/mol. The third kappa shape index (κ3) is 3.18. The van der Waals surface area contributed by atoms with Crippen molar-refractivity contribution in [3.8, 4) is 0 Å². The molecule has 1 heterocycles. The number of pyridine rings is 1. The molecule has 0 saturated heterocycles. The Labute approximate surface area is 125 Å². The van der Waals surface area contributed by atoms with Crippen LogP contribution >= 0.6 is 11.6 Å². The summed E-state index contributed by atoms with van der Waals surface area (Å²) in [6, 6.07) is 12.4. The molecule has 20 heavy (non-hydrogen) atoms. The number of hydrazine groups is 1. The minimum Gasteiger partial charge on any atom is -0.271 e. The molecule has 0 radical (unpaired) electrons. The largest absolute Gasteiger partial charge is 0.271 e. The third-order valence-electron chi connectivity index (χ3n) is 3.87. The van der Waals surface area contributed by atoms with Crippen molar-refractivity contribution in [2.75, 3.05) is 0 Å². The van der Waals surface area contributed by atoms with Gasteiger partial charge in [0, 0.05) is 23.9 Å². The average molecular weight is 290 g/mol. The van der Waals surface area contributed by atoms with Crippen molar-refractivity contribution in [1.29, 1.82) is 0 Å². The van der Waals surface area contributed by atoms with Crippen LogP contribution in [-0.2, 0) is 11.8 Å². The van der Waals surface area contributed by atoms with Crippen LogP contribution in [0.15, 0.2) is 48.8 Å². The molecule has 1 atom stereocenters. The molecule has 1 unspecified atom stereocenters. The van der Waals surface area contributed by atoms with E-state index in [9.17, 15) is 0 Å². The van der Waals surface area contributed by atoms with Crippen LogP contribution in [0.1, 0.15) is 25.0 Å². The van der Waals surface area contributed by atoms with Crippen molar-refractivity contribution in [3.63, 3.8) is 0 Å². The molecule has 0 fully saturated rings. The number of halogens is 1. The molecule has 0 amide bonds. The molecular formula is C16H20ClN3. The first-order valence-electron chi connectivity index (χ1n) is 6.65. The molecule has 3 N–H and O–H groups in total. The quantitative estimate of drug-likeness (QED) is 0.657. The Morgan fingerprint density at radius 3 is 2.55 bits per heavy atom. The van der Waals surface area contributed by atoms with Crippen LogP contribution in [-0.4, -0.2) is 11.0 Å². The molecule has 0 saturated carbocycles. The Bertz CT molecular complexity index is 555. The number of aromatic nitrogens is 1. The molecule has 2 rings (SSSR count). The van der Waals surface area contributed by atoms with Gasteiger partial charge in [-0.3, -0.25) is 16.3 Å². The molecule has 1 aromatic carbocycles. The lowest BCUT2D eigenvalue weighted by molar-refractivity contribution is 0.341. The van der Waals surface area contributed by atoms with Gasteiger partial charge in [0.15, 0.2) is 0 Å². The van der Waals surface area contributed by atoms with E-state index in [0.29, 0.717) is 5.02 Å². The monoisotopic (exact) mass is 289 g/mol. The predicted octanol–water partition coefficient (Wildman–Crippen LogP) is 3.09. The molecule has 106 valence electrons. The minimum absolute atomic E-state index is 0.0739. The van der Waals surface area contributed by atoms with Gasteiger partial charge < -0.3 is 0 Å². The normalized spacial score (nSPS) is 13.2. The highest BCUT2D eigenvalue weighted by Crippen LogP contribution is 2.29. The topological polar surface area (TPSA) is 50.9 Å². The van der Waals surface area contributed by atoms with E-state index >= 15 is 0 Å². The van der Waals surface area contributed by atoms with Gasteiger partial charge in [-0.15, -0.1) is 0 Å². The van der Waals surface area contributed by atoms with Crippen molar-refractivity contribution >= 4 is 11.6 Å². The van der Waals surface area contributed by atoms with Gasteiger partial charge in [-0.05, 0) is 23.6 Å². The van der Waals surface area contributed by atoms with Gasteiger partial charge in [0.2, 0.25) is 0 Å². The maximum absolute atomic E-state index is 6.19. The summed E-state index contributed by atoms with van der Waals surface area (Å²) in [6.07, 6.45) is 4.17. The molecule has 1 aromatic heterocycles. The second-order valence-electron chi connectivity index (χ2n) is 5.48. The Balaban J connectivity index is 2.26. The second kappa shape index (κ2) is 6.35. The number of hydrogen-bond donors (Lipinski definition) is 2. The molecule has 2 aromatic rings. The Morgan fingerprint density at radius 2 is 1.95 bits per heavy atom. The Morgan fingerprint density at radius 1 is 1.25 bits per heavy atom. The zero-order chi connectivity index (χ0) is 14.6. The summed E-state index contributed by atoms with van der Waals surface area (Å²) in [6.45, 7) is 4.36. The number of benzene rings is 1. The van der Waals surface area contributed by atoms with Gasteiger partial charge in [-0.2, -0.15) is 0 Å². The number of nitrogens with two attached hydrogens (primary N) is 1. The van der Waals surface area contributed by atoms with Gasteiger partial charge in [0.05, 0.1) is 5.02 Å². The first-order valence-corrected chi connectivity index (χ1v) is 7.03. The zero-order valence-corrected chi connectivity index (χ0v) is 12.6. The van der Waals surface area contributed by atoms with E-state index in [2.05, 4.69) is 36.4 Å². The minimum atomic E-state index is -0.109. The second-order valence-corrected chi connectivity index (χ2v) is 5.89. The first-order chi connectivity index (χ1) is 9.55. The van der Waals surface area contributed by atoms with E-state index in [-0.39, 0.29) is 11.5 Å². The molecule has 0 spiro atoms. The fourth-order valence-electron chi connectivity index (χ4n) is 2.38. The highest BCUT2D eigenvalue weighted by atomic mass is 35.5. The van der Waals surface area contributed by atoms with Crippen LogP contribution in [0.3, 0.4) is 0 Å². The van der Waals surface area contributed by atoms with Gasteiger partial charge in [0.1, 0.15) is 0 Å². The molecule has 3 nitrogen and oxygen atoms in total. The molecule has 0 bridgehead atoms. The van der Waals surface area contributed by atoms with E-state index in [1.807, 2.05) is 24.3 Å². The average Bonchev–Trinajstić information content (AvgIpc) is 2.47. The van der Waals surface area contributed by atoms with E-state index in [4.69, 9.17) is 17.4 Å². The van der Waals surface area contributed by atoms with E-state index < -0.39 is 0 Å². The Kier molecular flexibility index (Phi) is 4.76. The standard InChI is InChI=1S/C16H20ClN3/c1-16(2,13-6-4-3-5-7-13)15(20-18)10-12-8-9-19-11-14(12)17/h3-9,11,15,20H,10,18H2,1-2H3. The fraction of sp³-hybridized carbons (Fsp3) is 0.312. The maximum Gasteiger partial charge on any atom is 0.0621 e. The summed E-state index contributed by atoms with van der Waals surface area (Å²) in [5.74, 6) is 5.79. The number of nitrogens with zero attached hydrogens (tertiary/aromatic N) is 1. The number of rotatable bonds is 5. The van der Waals surface area contributed by atoms with Crippen LogP contribution in [0.25, 0.3) is 0 Å². The van der Waals surface area contributed by atoms with Gasteiger partial charge in [0.25, 0.3) is 0 Å². The first kappa shape index (κ1) is 15.0. The van der Waals surface area contributed by atoms with E-state index in [1.165, 1.54) is 5.56 Å². The summed E-state index contributed by atoms with van der Waals surface area (Å²) in [7, 11) is 0. The summed E-state index contributed by atoms with van der Waals surface area (Å²) in [5.41, 5.74) is 5.12. The number of nitrogens with one attached hydrogen (secondary N) is 1. The van der Waals surface area contributed by atoms with Gasteiger partial charge in [-0.25, -0.2) is 0 Å². The van der Waals surface area contributed by atoms with Crippen molar-refractivity contribution in [2.24, 2.45) is 5.84 Å². The molecule has 4 heteroatoms. The summed E-state index contributed by atoms with van der Waals surface area (Å²) in [5, 5.41) is 0.677. The van der Waals surface area contributed by atoms with Crippen LogP contribution in [0, 0.1) is 0 Å². The van der Waals surface area contributed by atoms with Crippen molar-refractivity contribution in [2.45, 2.75) is 31.7 Å². The third-order valence-corrected chi connectivity index (χ3v) is 4.21. The van der Waals surface area contributed by atoms with Crippen LogP contribution < -0.4 is 11.3 Å². The summed E-state index contributed by atoms with van der Waals surface area (Å²) >= 11 is 6.19. The number of hydrogen-bond acceptors (Lipinski definition) is 3. The lowest BCUT2D eigenvalue weighted by Crippen LogP contribution is -2.49. The van der Waals surface area contributed by atoms with Crippen LogP contribution in [0.5, 0.6) is 0 Å². The summed E-state index contributed by atoms with van der Waals surface area (Å²) < 4.78 is 0. The van der Waals surface area contributed by atoms with Crippen LogP contribution in [0.2, 0.25) is 5.02 Å². The SMILES string of the molecule is CC(C)(c1ccccc1)C(Cc1ccncc1Cl)NN. The van der Waals surface area contributed by atoms with Crippen LogP contribution in [0.4, 0.5) is 0 Å². The van der Waals surface area contributed by atoms with Crippen molar-refractivity contribution in [3.05, 3.63) is 64.9 Å². The van der Waals surface area contributed by atoms with Gasteiger partial charge >= 0.3 is 0 Å². The van der Waals surface area contributed by atoms with Crippen molar-refractivity contribution < 1.29 is 0 Å². The van der Waals surface area contributed by atoms with Gasteiger partial charge in [-0.1, -0.05) is 55.8 Å². The lowest BCUT2D eigenvalue weighted by Gasteiger charge is -2.34. The zero-order valence-electron chi connectivity index (χ0n) is 11.8. The Hall–Kier alpha value is -1.42. The fourth-order valence-corrected chi connectivity index (χ4v) is 2.58. The van der Waals surface area contributed by atoms with E-state index in [1.54, 1.807) is 12.4 Å².